The van der Waals surface area contributed by atoms with Gasteiger partial charge in [0, 0.05) is 12.2 Å². The molecule has 2 aromatic carbocycles. The number of hydrogen-bond donors (Lipinski definition) is 2. The van der Waals surface area contributed by atoms with Crippen LogP contribution in [0.4, 0.5) is 10.8 Å². The maximum atomic E-state index is 12.4. The van der Waals surface area contributed by atoms with Crippen molar-refractivity contribution in [3.63, 3.8) is 0 Å². The Bertz CT molecular complexity index is 855. The molecule has 7 heteroatoms. The number of nitrogens with zero attached hydrogens (tertiary/aromatic N) is 2. The van der Waals surface area contributed by atoms with Gasteiger partial charge in [0.2, 0.25) is 11.0 Å². The van der Waals surface area contributed by atoms with E-state index >= 15 is 0 Å². The van der Waals surface area contributed by atoms with Crippen LogP contribution in [-0.2, 0) is 4.79 Å². The van der Waals surface area contributed by atoms with E-state index in [4.69, 9.17) is 0 Å². The molecule has 0 saturated carbocycles. The van der Waals surface area contributed by atoms with Crippen molar-refractivity contribution in [2.24, 2.45) is 0 Å². The topological polar surface area (TPSA) is 66.9 Å². The third-order valence-corrected chi connectivity index (χ3v) is 6.05. The highest BCUT2D eigenvalue weighted by Crippen LogP contribution is 2.30. The lowest BCUT2D eigenvalue weighted by Crippen LogP contribution is -2.33. The highest BCUT2D eigenvalue weighted by atomic mass is 32.2. The van der Waals surface area contributed by atoms with Gasteiger partial charge in [0.05, 0.1) is 5.25 Å². The minimum Gasteiger partial charge on any atom is -0.355 e. The summed E-state index contributed by atoms with van der Waals surface area (Å²) in [5, 5.41) is 15.0. The maximum absolute atomic E-state index is 12.4. The van der Waals surface area contributed by atoms with Gasteiger partial charge in [-0.15, -0.1) is 10.2 Å². The molecule has 2 unspecified atom stereocenters. The summed E-state index contributed by atoms with van der Waals surface area (Å²) in [6.07, 6.45) is 0. The number of anilines is 2. The highest BCUT2D eigenvalue weighted by Gasteiger charge is 2.18. The quantitative estimate of drug-likeness (QED) is 0.539. The number of aromatic nitrogens is 2. The van der Waals surface area contributed by atoms with Crippen molar-refractivity contribution >= 4 is 39.8 Å². The van der Waals surface area contributed by atoms with Gasteiger partial charge < -0.3 is 10.6 Å². The Balaban J connectivity index is 1.48. The van der Waals surface area contributed by atoms with Crippen molar-refractivity contribution in [1.82, 2.24) is 15.5 Å². The molecule has 27 heavy (non-hydrogen) atoms. The zero-order valence-corrected chi connectivity index (χ0v) is 16.9. The molecule has 1 heterocycles. The molecule has 3 aromatic rings. The van der Waals surface area contributed by atoms with Crippen LogP contribution >= 0.6 is 23.1 Å². The van der Waals surface area contributed by atoms with E-state index in [0.29, 0.717) is 11.7 Å². The minimum absolute atomic E-state index is 0.00977. The predicted molar refractivity (Wildman–Crippen MR) is 113 cm³/mol. The Morgan fingerprint density at radius 3 is 2.41 bits per heavy atom. The fourth-order valence-corrected chi connectivity index (χ4v) is 4.40. The third kappa shape index (κ3) is 5.80. The average molecular weight is 399 g/mol. The normalized spacial score (nSPS) is 13.0. The van der Waals surface area contributed by atoms with E-state index in [1.807, 2.05) is 55.5 Å². The Hall–Kier alpha value is -2.38. The number of thioether (sulfide) groups is 1. The van der Waals surface area contributed by atoms with Crippen LogP contribution in [-0.4, -0.2) is 27.9 Å². The zero-order chi connectivity index (χ0) is 19.1. The molecule has 0 saturated heterocycles. The second-order valence-electron chi connectivity index (χ2n) is 6.18. The number of benzene rings is 2. The maximum Gasteiger partial charge on any atom is 0.233 e. The molecular formula is C20H22N4OS2. The standard InChI is InChI=1S/C20H22N4OS2/c1-14(16-9-5-3-6-10-16)13-21-18(25)15(2)26-20-24-23-19(27-20)22-17-11-7-4-8-12-17/h3-12,14-15H,13H2,1-2H3,(H,21,25)(H,22,23). The molecular weight excluding hydrogens is 376 g/mol. The molecule has 0 aliphatic heterocycles. The molecule has 5 nitrogen and oxygen atoms in total. The van der Waals surface area contributed by atoms with Crippen LogP contribution in [0.5, 0.6) is 0 Å². The molecule has 3 rings (SSSR count). The van der Waals surface area contributed by atoms with Gasteiger partial charge in [-0.05, 0) is 30.5 Å². The second-order valence-corrected chi connectivity index (χ2v) is 8.75. The van der Waals surface area contributed by atoms with Crippen molar-refractivity contribution in [2.75, 3.05) is 11.9 Å². The molecule has 1 amide bonds. The van der Waals surface area contributed by atoms with E-state index in [0.717, 1.165) is 10.0 Å². The van der Waals surface area contributed by atoms with Crippen LogP contribution in [0.3, 0.4) is 0 Å². The van der Waals surface area contributed by atoms with Gasteiger partial charge in [-0.25, -0.2) is 0 Å². The number of nitrogens with one attached hydrogen (secondary N) is 2. The van der Waals surface area contributed by atoms with E-state index in [2.05, 4.69) is 39.9 Å². The van der Waals surface area contributed by atoms with Crippen LogP contribution in [0, 0.1) is 0 Å². The number of rotatable bonds is 8. The molecule has 0 aliphatic rings. The first-order chi connectivity index (χ1) is 13.1. The Labute approximate surface area is 167 Å². The molecule has 2 N–H and O–H groups in total. The van der Waals surface area contributed by atoms with E-state index in [-0.39, 0.29) is 17.1 Å². The summed E-state index contributed by atoms with van der Waals surface area (Å²) in [7, 11) is 0. The summed E-state index contributed by atoms with van der Waals surface area (Å²) in [6, 6.07) is 20.0. The number of para-hydroxylation sites is 1. The van der Waals surface area contributed by atoms with Gasteiger partial charge in [0.1, 0.15) is 0 Å². The van der Waals surface area contributed by atoms with Gasteiger partial charge in [0.25, 0.3) is 0 Å². The van der Waals surface area contributed by atoms with Crippen LogP contribution in [0.2, 0.25) is 0 Å². The third-order valence-electron chi connectivity index (χ3n) is 4.03. The van der Waals surface area contributed by atoms with E-state index in [9.17, 15) is 4.79 Å². The molecule has 140 valence electrons. The molecule has 0 bridgehead atoms. The number of carbonyl (C=O) groups is 1. The number of hydrogen-bond acceptors (Lipinski definition) is 6. The SMILES string of the molecule is CC(Sc1nnc(Nc2ccccc2)s1)C(=O)NCC(C)c1ccccc1. The fourth-order valence-electron chi connectivity index (χ4n) is 2.45. The van der Waals surface area contributed by atoms with Crippen LogP contribution in [0.15, 0.2) is 65.0 Å². The zero-order valence-electron chi connectivity index (χ0n) is 15.3. The van der Waals surface area contributed by atoms with Gasteiger partial charge >= 0.3 is 0 Å². The Morgan fingerprint density at radius 1 is 1.04 bits per heavy atom. The summed E-state index contributed by atoms with van der Waals surface area (Å²) in [5.41, 5.74) is 2.18. The number of amides is 1. The monoisotopic (exact) mass is 398 g/mol. The van der Waals surface area contributed by atoms with Crippen LogP contribution in [0.25, 0.3) is 0 Å². The Morgan fingerprint density at radius 2 is 1.70 bits per heavy atom. The first-order valence-electron chi connectivity index (χ1n) is 8.76. The van der Waals surface area contributed by atoms with Crippen molar-refractivity contribution in [1.29, 1.82) is 0 Å². The Kier molecular flexibility index (Phi) is 6.84. The summed E-state index contributed by atoms with van der Waals surface area (Å²) in [4.78, 5) is 12.4. The smallest absolute Gasteiger partial charge is 0.233 e. The summed E-state index contributed by atoms with van der Waals surface area (Å²) in [6.45, 7) is 4.61. The lowest BCUT2D eigenvalue weighted by atomic mass is 10.0. The van der Waals surface area contributed by atoms with Gasteiger partial charge in [-0.1, -0.05) is 78.6 Å². The molecule has 0 spiro atoms. The minimum atomic E-state index is -0.231. The molecule has 0 aliphatic carbocycles. The fraction of sp³-hybridized carbons (Fsp3) is 0.250. The van der Waals surface area contributed by atoms with Gasteiger partial charge in [-0.2, -0.15) is 0 Å². The summed E-state index contributed by atoms with van der Waals surface area (Å²) < 4.78 is 0.771. The van der Waals surface area contributed by atoms with Crippen molar-refractivity contribution in [2.45, 2.75) is 29.4 Å². The molecule has 0 fully saturated rings. The van der Waals surface area contributed by atoms with E-state index in [1.54, 1.807) is 0 Å². The van der Waals surface area contributed by atoms with Crippen molar-refractivity contribution in [3.05, 3.63) is 66.2 Å². The second kappa shape index (κ2) is 9.53. The van der Waals surface area contributed by atoms with Gasteiger partial charge in [-0.3, -0.25) is 4.79 Å². The van der Waals surface area contributed by atoms with Gasteiger partial charge in [0.15, 0.2) is 4.34 Å². The first kappa shape index (κ1) is 19.4. The summed E-state index contributed by atoms with van der Waals surface area (Å²) >= 11 is 2.87. The summed E-state index contributed by atoms with van der Waals surface area (Å²) in [5.74, 6) is 0.283. The highest BCUT2D eigenvalue weighted by molar-refractivity contribution is 8.02. The lowest BCUT2D eigenvalue weighted by molar-refractivity contribution is -0.120. The number of carbonyl (C=O) groups excluding carboxylic acids is 1. The lowest BCUT2D eigenvalue weighted by Gasteiger charge is -2.15. The molecule has 1 aromatic heterocycles. The molecule has 0 radical (unpaired) electrons. The first-order valence-corrected chi connectivity index (χ1v) is 10.5. The van der Waals surface area contributed by atoms with Crippen molar-refractivity contribution < 1.29 is 4.79 Å². The van der Waals surface area contributed by atoms with E-state index < -0.39 is 0 Å². The molecule has 2 atom stereocenters. The van der Waals surface area contributed by atoms with Crippen LogP contribution < -0.4 is 10.6 Å². The van der Waals surface area contributed by atoms with E-state index in [1.165, 1.54) is 28.7 Å². The average Bonchev–Trinajstić information content (AvgIpc) is 3.14. The largest absolute Gasteiger partial charge is 0.355 e. The van der Waals surface area contributed by atoms with Crippen molar-refractivity contribution in [3.8, 4) is 0 Å². The van der Waals surface area contributed by atoms with Crippen LogP contribution in [0.1, 0.15) is 25.3 Å². The predicted octanol–water partition coefficient (Wildman–Crippen LogP) is 4.68.